The minimum atomic E-state index is -4.33. The van der Waals surface area contributed by atoms with Crippen molar-refractivity contribution in [1.29, 1.82) is 0 Å². The van der Waals surface area contributed by atoms with Crippen molar-refractivity contribution in [1.82, 2.24) is 4.90 Å². The summed E-state index contributed by atoms with van der Waals surface area (Å²) in [6.07, 6.45) is -3.67. The lowest BCUT2D eigenvalue weighted by molar-refractivity contribution is -0.137. The molecule has 0 aromatic heterocycles. The lowest BCUT2D eigenvalue weighted by Crippen LogP contribution is -2.48. The van der Waals surface area contributed by atoms with E-state index in [-0.39, 0.29) is 12.1 Å². The molecule has 1 aliphatic heterocycles. The number of hydrogen-bond donors (Lipinski definition) is 1. The van der Waals surface area contributed by atoms with Crippen LogP contribution < -0.4 is 5.73 Å². The van der Waals surface area contributed by atoms with E-state index in [4.69, 9.17) is 10.5 Å². The summed E-state index contributed by atoms with van der Waals surface area (Å²) in [4.78, 5) is 2.16. The number of benzene rings is 1. The molecule has 0 radical (unpaired) electrons. The highest BCUT2D eigenvalue weighted by Gasteiger charge is 2.35. The van der Waals surface area contributed by atoms with Crippen LogP contribution in [0.1, 0.15) is 30.5 Å². The summed E-state index contributed by atoms with van der Waals surface area (Å²) in [5.41, 5.74) is 5.73. The summed E-state index contributed by atoms with van der Waals surface area (Å²) in [5, 5.41) is 0. The number of hydrogen-bond acceptors (Lipinski definition) is 3. The van der Waals surface area contributed by atoms with Crippen LogP contribution in [0.15, 0.2) is 24.3 Å². The SMILES string of the molecule is CCCN1CCOC(CN)C1c1cccc(C(F)(F)F)c1. The summed E-state index contributed by atoms with van der Waals surface area (Å²) >= 11 is 0. The van der Waals surface area contributed by atoms with Crippen LogP contribution in [0.4, 0.5) is 13.2 Å². The molecule has 1 aromatic rings. The first-order valence-electron chi connectivity index (χ1n) is 7.20. The average Bonchev–Trinajstić information content (AvgIpc) is 2.46. The second-order valence-electron chi connectivity index (χ2n) is 5.25. The van der Waals surface area contributed by atoms with Gasteiger partial charge in [0, 0.05) is 13.1 Å². The zero-order valence-corrected chi connectivity index (χ0v) is 12.1. The van der Waals surface area contributed by atoms with Crippen LogP contribution in [0.2, 0.25) is 0 Å². The number of ether oxygens (including phenoxy) is 1. The van der Waals surface area contributed by atoms with Gasteiger partial charge >= 0.3 is 6.18 Å². The molecule has 1 aromatic carbocycles. The second-order valence-corrected chi connectivity index (χ2v) is 5.25. The van der Waals surface area contributed by atoms with Crippen molar-refractivity contribution in [3.63, 3.8) is 0 Å². The lowest BCUT2D eigenvalue weighted by atomic mass is 9.96. The number of nitrogens with zero attached hydrogens (tertiary/aromatic N) is 1. The Morgan fingerprint density at radius 2 is 2.14 bits per heavy atom. The summed E-state index contributed by atoms with van der Waals surface area (Å²) in [6.45, 7) is 4.45. The van der Waals surface area contributed by atoms with Gasteiger partial charge in [-0.1, -0.05) is 19.1 Å². The zero-order chi connectivity index (χ0) is 15.5. The Balaban J connectivity index is 2.34. The Hall–Kier alpha value is -1.11. The first-order valence-corrected chi connectivity index (χ1v) is 7.20. The van der Waals surface area contributed by atoms with Crippen LogP contribution in [0.25, 0.3) is 0 Å². The molecule has 0 bridgehead atoms. The van der Waals surface area contributed by atoms with E-state index < -0.39 is 11.7 Å². The molecule has 0 spiro atoms. The van der Waals surface area contributed by atoms with Crippen LogP contribution in [0, 0.1) is 0 Å². The van der Waals surface area contributed by atoms with Gasteiger partial charge < -0.3 is 10.5 Å². The van der Waals surface area contributed by atoms with Crippen LogP contribution in [0.3, 0.4) is 0 Å². The van der Waals surface area contributed by atoms with Crippen molar-refractivity contribution in [2.24, 2.45) is 5.73 Å². The molecule has 1 fully saturated rings. The van der Waals surface area contributed by atoms with E-state index in [9.17, 15) is 13.2 Å². The molecule has 21 heavy (non-hydrogen) atoms. The molecule has 2 N–H and O–H groups in total. The molecule has 0 aliphatic carbocycles. The number of alkyl halides is 3. The molecule has 2 atom stereocenters. The quantitative estimate of drug-likeness (QED) is 0.929. The van der Waals surface area contributed by atoms with Crippen LogP contribution in [-0.2, 0) is 10.9 Å². The molecule has 1 heterocycles. The molecule has 3 nitrogen and oxygen atoms in total. The van der Waals surface area contributed by atoms with E-state index in [0.717, 1.165) is 19.0 Å². The fourth-order valence-electron chi connectivity index (χ4n) is 2.85. The minimum Gasteiger partial charge on any atom is -0.374 e. The van der Waals surface area contributed by atoms with E-state index in [2.05, 4.69) is 11.8 Å². The van der Waals surface area contributed by atoms with Gasteiger partial charge in [0.2, 0.25) is 0 Å². The number of morpholine rings is 1. The Bertz CT molecular complexity index is 462. The molecule has 1 aliphatic rings. The molecular formula is C15H21F3N2O. The van der Waals surface area contributed by atoms with Crippen molar-refractivity contribution >= 4 is 0 Å². The third kappa shape index (κ3) is 3.75. The summed E-state index contributed by atoms with van der Waals surface area (Å²) in [5.74, 6) is 0. The predicted molar refractivity (Wildman–Crippen MR) is 74.8 cm³/mol. The summed E-state index contributed by atoms with van der Waals surface area (Å²) in [6, 6.07) is 5.26. The highest BCUT2D eigenvalue weighted by molar-refractivity contribution is 5.29. The van der Waals surface area contributed by atoms with E-state index in [1.54, 1.807) is 6.07 Å². The maximum atomic E-state index is 12.9. The van der Waals surface area contributed by atoms with E-state index >= 15 is 0 Å². The van der Waals surface area contributed by atoms with E-state index in [0.29, 0.717) is 25.3 Å². The molecule has 0 amide bonds. The lowest BCUT2D eigenvalue weighted by Gasteiger charge is -2.41. The number of halogens is 3. The molecular weight excluding hydrogens is 281 g/mol. The molecule has 118 valence electrons. The minimum absolute atomic E-state index is 0.217. The maximum absolute atomic E-state index is 12.9. The Labute approximate surface area is 122 Å². The van der Waals surface area contributed by atoms with Crippen molar-refractivity contribution in [3.05, 3.63) is 35.4 Å². The highest BCUT2D eigenvalue weighted by Crippen LogP contribution is 2.34. The first-order chi connectivity index (χ1) is 9.97. The third-order valence-electron chi connectivity index (χ3n) is 3.75. The molecule has 0 saturated carbocycles. The number of nitrogens with two attached hydrogens (primary N) is 1. The van der Waals surface area contributed by atoms with Gasteiger partial charge in [-0.2, -0.15) is 13.2 Å². The van der Waals surface area contributed by atoms with Crippen molar-refractivity contribution < 1.29 is 17.9 Å². The standard InChI is InChI=1S/C15H21F3N2O/c1-2-6-20-7-8-21-13(10-19)14(20)11-4-3-5-12(9-11)15(16,17)18/h3-5,9,13-14H,2,6-8,10,19H2,1H3. The maximum Gasteiger partial charge on any atom is 0.416 e. The smallest absolute Gasteiger partial charge is 0.374 e. The van der Waals surface area contributed by atoms with Crippen LogP contribution in [0.5, 0.6) is 0 Å². The summed E-state index contributed by atoms with van der Waals surface area (Å²) in [7, 11) is 0. The van der Waals surface area contributed by atoms with Crippen molar-refractivity contribution in [2.45, 2.75) is 31.7 Å². The highest BCUT2D eigenvalue weighted by atomic mass is 19.4. The van der Waals surface area contributed by atoms with Crippen molar-refractivity contribution in [3.8, 4) is 0 Å². The predicted octanol–water partition coefficient (Wildman–Crippen LogP) is 2.82. The molecule has 1 saturated heterocycles. The van der Waals surface area contributed by atoms with Gasteiger partial charge in [0.05, 0.1) is 24.3 Å². The van der Waals surface area contributed by atoms with Gasteiger partial charge in [0.15, 0.2) is 0 Å². The first kappa shape index (κ1) is 16.3. The normalized spacial score (nSPS) is 24.2. The number of rotatable bonds is 4. The Kier molecular flexibility index (Phi) is 5.24. The fraction of sp³-hybridized carbons (Fsp3) is 0.600. The van der Waals surface area contributed by atoms with Gasteiger partial charge in [0.25, 0.3) is 0 Å². The van der Waals surface area contributed by atoms with Gasteiger partial charge in [-0.15, -0.1) is 0 Å². The summed E-state index contributed by atoms with van der Waals surface area (Å²) < 4.78 is 44.3. The fourth-order valence-corrected chi connectivity index (χ4v) is 2.85. The van der Waals surface area contributed by atoms with Crippen LogP contribution in [-0.4, -0.2) is 37.2 Å². The van der Waals surface area contributed by atoms with Gasteiger partial charge in [-0.05, 0) is 30.7 Å². The van der Waals surface area contributed by atoms with E-state index in [1.807, 2.05) is 0 Å². The monoisotopic (exact) mass is 302 g/mol. The zero-order valence-electron chi connectivity index (χ0n) is 12.1. The third-order valence-corrected chi connectivity index (χ3v) is 3.75. The largest absolute Gasteiger partial charge is 0.416 e. The topological polar surface area (TPSA) is 38.5 Å². The van der Waals surface area contributed by atoms with Gasteiger partial charge in [-0.25, -0.2) is 0 Å². The van der Waals surface area contributed by atoms with Gasteiger partial charge in [0.1, 0.15) is 0 Å². The average molecular weight is 302 g/mol. The molecule has 2 rings (SSSR count). The second kappa shape index (κ2) is 6.77. The Morgan fingerprint density at radius 3 is 2.76 bits per heavy atom. The van der Waals surface area contributed by atoms with Crippen molar-refractivity contribution in [2.75, 3.05) is 26.2 Å². The van der Waals surface area contributed by atoms with Gasteiger partial charge in [-0.3, -0.25) is 4.90 Å². The van der Waals surface area contributed by atoms with E-state index in [1.165, 1.54) is 12.1 Å². The molecule has 6 heteroatoms. The van der Waals surface area contributed by atoms with Crippen LogP contribution >= 0.6 is 0 Å². The Morgan fingerprint density at radius 1 is 1.38 bits per heavy atom. The molecule has 2 unspecified atom stereocenters.